The van der Waals surface area contributed by atoms with Gasteiger partial charge in [0.15, 0.2) is 0 Å². The maximum atomic E-state index is 6.42. The van der Waals surface area contributed by atoms with Crippen molar-refractivity contribution in [3.8, 4) is 0 Å². The van der Waals surface area contributed by atoms with Crippen LogP contribution in [0, 0.1) is 0 Å². The van der Waals surface area contributed by atoms with Crippen molar-refractivity contribution in [1.29, 1.82) is 0 Å². The Hall–Kier alpha value is -1.54. The van der Waals surface area contributed by atoms with Gasteiger partial charge in [0.25, 0.3) is 0 Å². The molecule has 0 bridgehead atoms. The highest BCUT2D eigenvalue weighted by atomic mass is 16.3. The number of furan rings is 1. The highest BCUT2D eigenvalue weighted by molar-refractivity contribution is 5.32. The predicted octanol–water partition coefficient (Wildman–Crippen LogP) is 3.40. The van der Waals surface area contributed by atoms with Gasteiger partial charge in [-0.05, 0) is 30.5 Å². The van der Waals surface area contributed by atoms with Gasteiger partial charge < -0.3 is 10.2 Å². The standard InChI is InChI=1S/C15H17NO/c16-14(13-8-4-11-17-13)15(9-5-10-15)12-6-2-1-3-7-12/h1-4,6-8,11,14H,5,9-10,16H2. The molecule has 1 aromatic heterocycles. The van der Waals surface area contributed by atoms with E-state index in [0.717, 1.165) is 18.6 Å². The molecule has 0 saturated heterocycles. The van der Waals surface area contributed by atoms with Crippen molar-refractivity contribution in [2.24, 2.45) is 5.73 Å². The molecule has 0 aliphatic heterocycles. The molecule has 3 rings (SSSR count). The van der Waals surface area contributed by atoms with Crippen LogP contribution in [0.15, 0.2) is 53.1 Å². The molecule has 1 saturated carbocycles. The van der Waals surface area contributed by atoms with Crippen molar-refractivity contribution in [2.75, 3.05) is 0 Å². The number of benzene rings is 1. The Labute approximate surface area is 101 Å². The van der Waals surface area contributed by atoms with E-state index in [0.29, 0.717) is 0 Å². The minimum absolute atomic E-state index is 0.0337. The zero-order chi connectivity index (χ0) is 11.7. The molecule has 1 unspecified atom stereocenters. The molecule has 2 nitrogen and oxygen atoms in total. The zero-order valence-electron chi connectivity index (χ0n) is 9.80. The topological polar surface area (TPSA) is 39.2 Å². The van der Waals surface area contributed by atoms with Gasteiger partial charge in [0.1, 0.15) is 5.76 Å². The van der Waals surface area contributed by atoms with Gasteiger partial charge >= 0.3 is 0 Å². The smallest absolute Gasteiger partial charge is 0.121 e. The van der Waals surface area contributed by atoms with Gasteiger partial charge in [-0.1, -0.05) is 36.8 Å². The molecule has 0 radical (unpaired) electrons. The molecule has 1 fully saturated rings. The Morgan fingerprint density at radius 3 is 2.35 bits per heavy atom. The molecular formula is C15H17NO. The van der Waals surface area contributed by atoms with E-state index in [-0.39, 0.29) is 11.5 Å². The first-order valence-electron chi connectivity index (χ1n) is 6.17. The summed E-state index contributed by atoms with van der Waals surface area (Å²) >= 11 is 0. The first-order valence-corrected chi connectivity index (χ1v) is 6.17. The lowest BCUT2D eigenvalue weighted by Gasteiger charge is -2.46. The van der Waals surface area contributed by atoms with E-state index >= 15 is 0 Å². The van der Waals surface area contributed by atoms with Crippen LogP contribution < -0.4 is 5.73 Å². The van der Waals surface area contributed by atoms with Crippen LogP contribution in [0.2, 0.25) is 0 Å². The fourth-order valence-electron chi connectivity index (χ4n) is 2.85. The molecule has 0 amide bonds. The Balaban J connectivity index is 1.98. The van der Waals surface area contributed by atoms with Crippen molar-refractivity contribution >= 4 is 0 Å². The zero-order valence-corrected chi connectivity index (χ0v) is 9.80. The molecule has 88 valence electrons. The van der Waals surface area contributed by atoms with Crippen LogP contribution in [-0.2, 0) is 5.41 Å². The lowest BCUT2D eigenvalue weighted by Crippen LogP contribution is -2.44. The van der Waals surface area contributed by atoms with Crippen LogP contribution in [0.5, 0.6) is 0 Å². The Bertz CT molecular complexity index is 471. The SMILES string of the molecule is NC(c1ccco1)C1(c2ccccc2)CCC1. The molecule has 2 N–H and O–H groups in total. The van der Waals surface area contributed by atoms with Crippen molar-refractivity contribution in [3.05, 3.63) is 60.1 Å². The molecular weight excluding hydrogens is 210 g/mol. The molecule has 1 heterocycles. The summed E-state index contributed by atoms with van der Waals surface area (Å²) in [7, 11) is 0. The van der Waals surface area contributed by atoms with Crippen molar-refractivity contribution < 1.29 is 4.42 Å². The van der Waals surface area contributed by atoms with Gasteiger partial charge in [0.2, 0.25) is 0 Å². The second-order valence-corrected chi connectivity index (χ2v) is 4.87. The monoisotopic (exact) mass is 227 g/mol. The maximum Gasteiger partial charge on any atom is 0.121 e. The number of rotatable bonds is 3. The molecule has 2 heteroatoms. The predicted molar refractivity (Wildman–Crippen MR) is 67.6 cm³/mol. The first-order chi connectivity index (χ1) is 8.33. The van der Waals surface area contributed by atoms with E-state index in [4.69, 9.17) is 10.2 Å². The van der Waals surface area contributed by atoms with Crippen molar-refractivity contribution in [2.45, 2.75) is 30.7 Å². The second kappa shape index (κ2) is 4.04. The van der Waals surface area contributed by atoms with Crippen LogP contribution in [0.25, 0.3) is 0 Å². The first kappa shape index (κ1) is 10.6. The third kappa shape index (κ3) is 1.60. The van der Waals surface area contributed by atoms with Crippen molar-refractivity contribution in [1.82, 2.24) is 0 Å². The third-order valence-electron chi connectivity index (χ3n) is 4.04. The molecule has 1 aromatic carbocycles. The molecule has 1 aliphatic rings. The van der Waals surface area contributed by atoms with E-state index in [9.17, 15) is 0 Å². The summed E-state index contributed by atoms with van der Waals surface area (Å²) < 4.78 is 5.47. The summed E-state index contributed by atoms with van der Waals surface area (Å²) in [5.41, 5.74) is 7.84. The number of hydrogen-bond donors (Lipinski definition) is 1. The maximum absolute atomic E-state index is 6.42. The molecule has 2 aromatic rings. The average Bonchev–Trinajstić information content (AvgIpc) is 2.82. The minimum Gasteiger partial charge on any atom is -0.468 e. The molecule has 1 aliphatic carbocycles. The third-order valence-corrected chi connectivity index (χ3v) is 4.04. The Morgan fingerprint density at radius 2 is 1.82 bits per heavy atom. The fraction of sp³-hybridized carbons (Fsp3) is 0.333. The van der Waals surface area contributed by atoms with Gasteiger partial charge in [-0.2, -0.15) is 0 Å². The van der Waals surface area contributed by atoms with Crippen LogP contribution >= 0.6 is 0 Å². The van der Waals surface area contributed by atoms with Crippen LogP contribution in [0.3, 0.4) is 0 Å². The summed E-state index contributed by atoms with van der Waals surface area (Å²) in [4.78, 5) is 0. The Kier molecular flexibility index (Phi) is 2.52. The summed E-state index contributed by atoms with van der Waals surface area (Å²) in [5, 5.41) is 0. The van der Waals surface area contributed by atoms with Gasteiger partial charge in [-0.25, -0.2) is 0 Å². The lowest BCUT2D eigenvalue weighted by atomic mass is 9.60. The quantitative estimate of drug-likeness (QED) is 0.872. The van der Waals surface area contributed by atoms with Gasteiger partial charge in [0, 0.05) is 5.41 Å². The normalized spacial score (nSPS) is 19.6. The lowest BCUT2D eigenvalue weighted by molar-refractivity contribution is 0.179. The molecule has 1 atom stereocenters. The van der Waals surface area contributed by atoms with Crippen molar-refractivity contribution in [3.63, 3.8) is 0 Å². The highest BCUT2D eigenvalue weighted by Crippen LogP contribution is 2.51. The Morgan fingerprint density at radius 1 is 1.06 bits per heavy atom. The van der Waals surface area contributed by atoms with E-state index in [2.05, 4.69) is 24.3 Å². The molecule has 0 spiro atoms. The summed E-state index contributed by atoms with van der Waals surface area (Å²) in [5.74, 6) is 0.897. The second-order valence-electron chi connectivity index (χ2n) is 4.87. The minimum atomic E-state index is -0.0337. The largest absolute Gasteiger partial charge is 0.468 e. The van der Waals surface area contributed by atoms with Gasteiger partial charge in [0.05, 0.1) is 12.3 Å². The van der Waals surface area contributed by atoms with E-state index < -0.39 is 0 Å². The summed E-state index contributed by atoms with van der Waals surface area (Å²) in [6, 6.07) is 14.4. The number of hydrogen-bond acceptors (Lipinski definition) is 2. The van der Waals surface area contributed by atoms with Crippen LogP contribution in [-0.4, -0.2) is 0 Å². The van der Waals surface area contributed by atoms with Crippen LogP contribution in [0.4, 0.5) is 0 Å². The summed E-state index contributed by atoms with van der Waals surface area (Å²) in [6.45, 7) is 0. The van der Waals surface area contributed by atoms with Crippen LogP contribution in [0.1, 0.15) is 36.6 Å². The van der Waals surface area contributed by atoms with Gasteiger partial charge in [-0.15, -0.1) is 0 Å². The van der Waals surface area contributed by atoms with E-state index in [1.165, 1.54) is 12.0 Å². The van der Waals surface area contributed by atoms with E-state index in [1.54, 1.807) is 6.26 Å². The summed E-state index contributed by atoms with van der Waals surface area (Å²) in [6.07, 6.45) is 5.26. The fourth-order valence-corrected chi connectivity index (χ4v) is 2.85. The van der Waals surface area contributed by atoms with E-state index in [1.807, 2.05) is 18.2 Å². The average molecular weight is 227 g/mol. The molecule has 17 heavy (non-hydrogen) atoms. The highest BCUT2D eigenvalue weighted by Gasteiger charge is 2.45. The number of nitrogens with two attached hydrogens (primary N) is 1. The van der Waals surface area contributed by atoms with Gasteiger partial charge in [-0.3, -0.25) is 0 Å².